The number of hydrogen-bond acceptors (Lipinski definition) is 3. The van der Waals surface area contributed by atoms with Crippen molar-refractivity contribution in [2.75, 3.05) is 33.2 Å². The van der Waals surface area contributed by atoms with Crippen LogP contribution >= 0.6 is 0 Å². The maximum absolute atomic E-state index is 13.4. The average molecular weight is 265 g/mol. The van der Waals surface area contributed by atoms with Crippen LogP contribution < -0.4 is 5.73 Å². The number of nitrogens with two attached hydrogens (primary N) is 1. The second kappa shape index (κ2) is 6.46. The van der Waals surface area contributed by atoms with Gasteiger partial charge in [-0.1, -0.05) is 19.1 Å². The van der Waals surface area contributed by atoms with Gasteiger partial charge < -0.3 is 10.6 Å². The molecule has 1 heterocycles. The third-order valence-electron chi connectivity index (χ3n) is 4.02. The molecule has 1 aliphatic rings. The minimum absolute atomic E-state index is 0.158. The smallest absolute Gasteiger partial charge is 0.123 e. The summed E-state index contributed by atoms with van der Waals surface area (Å²) in [5.74, 6) is -0.158. The molecule has 1 aromatic rings. The van der Waals surface area contributed by atoms with E-state index in [1.54, 1.807) is 12.1 Å². The van der Waals surface area contributed by atoms with Crippen LogP contribution in [-0.4, -0.2) is 49.1 Å². The van der Waals surface area contributed by atoms with Crippen LogP contribution in [0.2, 0.25) is 0 Å². The Balaban J connectivity index is 2.20. The van der Waals surface area contributed by atoms with Crippen LogP contribution in [-0.2, 0) is 0 Å². The molecule has 0 radical (unpaired) electrons. The summed E-state index contributed by atoms with van der Waals surface area (Å²) in [6, 6.07) is 7.58. The molecule has 2 atom stereocenters. The summed E-state index contributed by atoms with van der Waals surface area (Å²) < 4.78 is 13.4. The minimum Gasteiger partial charge on any atom is -0.329 e. The lowest BCUT2D eigenvalue weighted by Gasteiger charge is -2.44. The van der Waals surface area contributed by atoms with Crippen LogP contribution in [0.1, 0.15) is 24.9 Å². The molecule has 0 aromatic heterocycles. The molecule has 0 saturated carbocycles. The van der Waals surface area contributed by atoms with Gasteiger partial charge in [0, 0.05) is 38.3 Å². The first-order valence-electron chi connectivity index (χ1n) is 7.05. The Morgan fingerprint density at radius 3 is 2.84 bits per heavy atom. The number of halogens is 1. The third-order valence-corrected chi connectivity index (χ3v) is 4.02. The largest absolute Gasteiger partial charge is 0.329 e. The number of rotatable bonds is 4. The SMILES string of the molecule is CCC(c1cccc(F)c1)N1CCN(C)CC1CN. The summed E-state index contributed by atoms with van der Waals surface area (Å²) in [6.45, 7) is 5.83. The van der Waals surface area contributed by atoms with Crippen LogP contribution in [0.15, 0.2) is 24.3 Å². The highest BCUT2D eigenvalue weighted by Crippen LogP contribution is 2.28. The Morgan fingerprint density at radius 1 is 1.42 bits per heavy atom. The summed E-state index contributed by atoms with van der Waals surface area (Å²) in [5, 5.41) is 0. The Hall–Kier alpha value is -0.970. The lowest BCUT2D eigenvalue weighted by atomic mass is 9.99. The second-order valence-corrected chi connectivity index (χ2v) is 5.37. The summed E-state index contributed by atoms with van der Waals surface area (Å²) in [7, 11) is 2.13. The van der Waals surface area contributed by atoms with Gasteiger partial charge in [-0.05, 0) is 31.2 Å². The predicted octanol–water partition coefficient (Wildman–Crippen LogP) is 1.85. The van der Waals surface area contributed by atoms with E-state index < -0.39 is 0 Å². The molecule has 1 aliphatic heterocycles. The van der Waals surface area contributed by atoms with Crippen LogP contribution in [0.5, 0.6) is 0 Å². The first kappa shape index (κ1) is 14.4. The molecular weight excluding hydrogens is 241 g/mol. The molecule has 0 amide bonds. The highest BCUT2D eigenvalue weighted by molar-refractivity contribution is 5.20. The fourth-order valence-corrected chi connectivity index (χ4v) is 3.02. The number of nitrogens with zero attached hydrogens (tertiary/aromatic N) is 2. The Labute approximate surface area is 115 Å². The van der Waals surface area contributed by atoms with Crippen molar-refractivity contribution < 1.29 is 4.39 Å². The van der Waals surface area contributed by atoms with Crippen molar-refractivity contribution >= 4 is 0 Å². The molecule has 4 heteroatoms. The fourth-order valence-electron chi connectivity index (χ4n) is 3.02. The van der Waals surface area contributed by atoms with Crippen molar-refractivity contribution in [3.63, 3.8) is 0 Å². The molecule has 3 nitrogen and oxygen atoms in total. The zero-order chi connectivity index (χ0) is 13.8. The second-order valence-electron chi connectivity index (χ2n) is 5.37. The lowest BCUT2D eigenvalue weighted by Crippen LogP contribution is -2.55. The van der Waals surface area contributed by atoms with E-state index in [9.17, 15) is 4.39 Å². The van der Waals surface area contributed by atoms with E-state index in [1.807, 2.05) is 6.07 Å². The van der Waals surface area contributed by atoms with E-state index in [2.05, 4.69) is 23.8 Å². The van der Waals surface area contributed by atoms with Crippen LogP contribution in [0.25, 0.3) is 0 Å². The van der Waals surface area contributed by atoms with Crippen molar-refractivity contribution in [2.45, 2.75) is 25.4 Å². The van der Waals surface area contributed by atoms with Gasteiger partial charge >= 0.3 is 0 Å². The quantitative estimate of drug-likeness (QED) is 0.902. The molecule has 19 heavy (non-hydrogen) atoms. The summed E-state index contributed by atoms with van der Waals surface area (Å²) in [4.78, 5) is 4.75. The van der Waals surface area contributed by atoms with Gasteiger partial charge in [0.15, 0.2) is 0 Å². The number of benzene rings is 1. The summed E-state index contributed by atoms with van der Waals surface area (Å²) in [6.07, 6.45) is 0.976. The topological polar surface area (TPSA) is 32.5 Å². The van der Waals surface area contributed by atoms with Gasteiger partial charge in [0.2, 0.25) is 0 Å². The molecule has 0 spiro atoms. The molecule has 1 fully saturated rings. The number of likely N-dealkylation sites (N-methyl/N-ethyl adjacent to an activating group) is 1. The normalized spacial score (nSPS) is 23.5. The maximum Gasteiger partial charge on any atom is 0.123 e. The van der Waals surface area contributed by atoms with Crippen LogP contribution in [0.4, 0.5) is 4.39 Å². The minimum atomic E-state index is -0.158. The first-order chi connectivity index (χ1) is 9.15. The molecule has 0 aliphatic carbocycles. The summed E-state index contributed by atoms with van der Waals surface area (Å²) in [5.41, 5.74) is 6.97. The standard InChI is InChI=1S/C15H24FN3/c1-3-15(12-5-4-6-13(16)9-12)19-8-7-18(2)11-14(19)10-17/h4-6,9,14-15H,3,7-8,10-11,17H2,1-2H3. The van der Waals surface area contributed by atoms with Gasteiger partial charge in [-0.2, -0.15) is 0 Å². The van der Waals surface area contributed by atoms with Gasteiger partial charge in [0.25, 0.3) is 0 Å². The van der Waals surface area contributed by atoms with Crippen LogP contribution in [0.3, 0.4) is 0 Å². The van der Waals surface area contributed by atoms with Crippen molar-refractivity contribution in [3.8, 4) is 0 Å². The van der Waals surface area contributed by atoms with E-state index >= 15 is 0 Å². The Morgan fingerprint density at radius 2 is 2.21 bits per heavy atom. The van der Waals surface area contributed by atoms with Gasteiger partial charge in [-0.25, -0.2) is 4.39 Å². The third kappa shape index (κ3) is 3.32. The van der Waals surface area contributed by atoms with Crippen molar-refractivity contribution in [2.24, 2.45) is 5.73 Å². The van der Waals surface area contributed by atoms with E-state index in [-0.39, 0.29) is 11.9 Å². The fraction of sp³-hybridized carbons (Fsp3) is 0.600. The molecule has 1 aromatic carbocycles. The number of hydrogen-bond donors (Lipinski definition) is 1. The van der Waals surface area contributed by atoms with Crippen molar-refractivity contribution in [1.29, 1.82) is 0 Å². The maximum atomic E-state index is 13.4. The molecular formula is C15H24FN3. The van der Waals surface area contributed by atoms with E-state index in [0.29, 0.717) is 12.6 Å². The average Bonchev–Trinajstić information content (AvgIpc) is 2.41. The highest BCUT2D eigenvalue weighted by atomic mass is 19.1. The Kier molecular flexibility index (Phi) is 4.91. The Bertz CT molecular complexity index is 410. The lowest BCUT2D eigenvalue weighted by molar-refractivity contribution is 0.0537. The van der Waals surface area contributed by atoms with Crippen molar-refractivity contribution in [3.05, 3.63) is 35.6 Å². The first-order valence-corrected chi connectivity index (χ1v) is 7.05. The molecule has 2 rings (SSSR count). The summed E-state index contributed by atoms with van der Waals surface area (Å²) >= 11 is 0. The van der Waals surface area contributed by atoms with E-state index in [0.717, 1.165) is 31.6 Å². The molecule has 2 N–H and O–H groups in total. The molecule has 106 valence electrons. The highest BCUT2D eigenvalue weighted by Gasteiger charge is 2.29. The van der Waals surface area contributed by atoms with Gasteiger partial charge in [0.1, 0.15) is 5.82 Å². The van der Waals surface area contributed by atoms with E-state index in [4.69, 9.17) is 5.73 Å². The van der Waals surface area contributed by atoms with Crippen LogP contribution in [0, 0.1) is 5.82 Å². The zero-order valence-electron chi connectivity index (χ0n) is 11.8. The molecule has 0 bridgehead atoms. The zero-order valence-corrected chi connectivity index (χ0v) is 11.8. The van der Waals surface area contributed by atoms with E-state index in [1.165, 1.54) is 6.07 Å². The monoisotopic (exact) mass is 265 g/mol. The van der Waals surface area contributed by atoms with Gasteiger partial charge in [0.05, 0.1) is 0 Å². The molecule has 1 saturated heterocycles. The number of piperazine rings is 1. The predicted molar refractivity (Wildman–Crippen MR) is 76.5 cm³/mol. The van der Waals surface area contributed by atoms with Crippen molar-refractivity contribution in [1.82, 2.24) is 9.80 Å². The van der Waals surface area contributed by atoms with Gasteiger partial charge in [-0.15, -0.1) is 0 Å². The molecule has 2 unspecified atom stereocenters. The van der Waals surface area contributed by atoms with Gasteiger partial charge in [-0.3, -0.25) is 4.90 Å².